The molecular formula is C15H24ClNO2. The second-order valence-electron chi connectivity index (χ2n) is 4.90. The summed E-state index contributed by atoms with van der Waals surface area (Å²) < 4.78 is 10.9. The Hall–Kier alpha value is -0.930. The van der Waals surface area contributed by atoms with Crippen molar-refractivity contribution in [3.8, 4) is 11.5 Å². The van der Waals surface area contributed by atoms with Crippen LogP contribution in [0.3, 0.4) is 0 Å². The Labute approximate surface area is 122 Å². The number of likely N-dealkylation sites (tertiary alicyclic amines) is 1. The van der Waals surface area contributed by atoms with Crippen LogP contribution in [-0.2, 0) is 0 Å². The molecular weight excluding hydrogens is 262 g/mol. The van der Waals surface area contributed by atoms with E-state index < -0.39 is 0 Å². The van der Waals surface area contributed by atoms with Crippen LogP contribution < -0.4 is 9.47 Å². The van der Waals surface area contributed by atoms with Crippen molar-refractivity contribution < 1.29 is 9.47 Å². The summed E-state index contributed by atoms with van der Waals surface area (Å²) in [6, 6.07) is 8.48. The highest BCUT2D eigenvalue weighted by atomic mass is 35.5. The SMILES string of the molecule is COc1ccc(OCCN2CCCC[C@H]2C)cc1.Cl. The van der Waals surface area contributed by atoms with E-state index in [1.54, 1.807) is 7.11 Å². The van der Waals surface area contributed by atoms with Gasteiger partial charge in [0.1, 0.15) is 18.1 Å². The Balaban J connectivity index is 0.00000180. The zero-order chi connectivity index (χ0) is 12.8. The van der Waals surface area contributed by atoms with Crippen LogP contribution in [0.1, 0.15) is 26.2 Å². The highest BCUT2D eigenvalue weighted by Gasteiger charge is 2.17. The number of benzene rings is 1. The summed E-state index contributed by atoms with van der Waals surface area (Å²) in [7, 11) is 1.67. The van der Waals surface area contributed by atoms with Gasteiger partial charge in [-0.1, -0.05) is 6.42 Å². The normalized spacial score (nSPS) is 19.6. The average Bonchev–Trinajstić information content (AvgIpc) is 2.42. The second kappa shape index (κ2) is 8.28. The van der Waals surface area contributed by atoms with E-state index in [2.05, 4.69) is 11.8 Å². The number of halogens is 1. The molecule has 0 bridgehead atoms. The van der Waals surface area contributed by atoms with Crippen molar-refractivity contribution in [3.63, 3.8) is 0 Å². The van der Waals surface area contributed by atoms with E-state index in [0.29, 0.717) is 6.04 Å². The average molecular weight is 286 g/mol. The van der Waals surface area contributed by atoms with Crippen LogP contribution in [0.15, 0.2) is 24.3 Å². The van der Waals surface area contributed by atoms with Gasteiger partial charge < -0.3 is 9.47 Å². The Morgan fingerprint density at radius 1 is 1.16 bits per heavy atom. The molecule has 1 aliphatic heterocycles. The van der Waals surface area contributed by atoms with Crippen LogP contribution in [0.4, 0.5) is 0 Å². The third kappa shape index (κ3) is 4.92. The minimum atomic E-state index is 0. The van der Waals surface area contributed by atoms with Gasteiger partial charge >= 0.3 is 0 Å². The monoisotopic (exact) mass is 285 g/mol. The number of rotatable bonds is 5. The first kappa shape index (κ1) is 16.1. The summed E-state index contributed by atoms with van der Waals surface area (Å²) in [6.45, 7) is 5.31. The maximum Gasteiger partial charge on any atom is 0.119 e. The molecule has 0 N–H and O–H groups in total. The molecule has 1 fully saturated rings. The van der Waals surface area contributed by atoms with Gasteiger partial charge in [-0.2, -0.15) is 0 Å². The molecule has 1 saturated heterocycles. The third-order valence-corrected chi connectivity index (χ3v) is 3.65. The van der Waals surface area contributed by atoms with Crippen molar-refractivity contribution >= 4 is 12.4 Å². The van der Waals surface area contributed by atoms with Gasteiger partial charge in [0.2, 0.25) is 0 Å². The van der Waals surface area contributed by atoms with Gasteiger partial charge in [-0.25, -0.2) is 0 Å². The van der Waals surface area contributed by atoms with Crippen molar-refractivity contribution in [2.45, 2.75) is 32.2 Å². The Bertz CT molecular complexity index is 356. The van der Waals surface area contributed by atoms with Crippen LogP contribution in [0, 0.1) is 0 Å². The van der Waals surface area contributed by atoms with Gasteiger partial charge in [0.15, 0.2) is 0 Å². The summed E-state index contributed by atoms with van der Waals surface area (Å²) in [5.41, 5.74) is 0. The summed E-state index contributed by atoms with van der Waals surface area (Å²) in [5, 5.41) is 0. The van der Waals surface area contributed by atoms with Crippen LogP contribution in [0.5, 0.6) is 11.5 Å². The fourth-order valence-corrected chi connectivity index (χ4v) is 2.44. The third-order valence-electron chi connectivity index (χ3n) is 3.65. The minimum Gasteiger partial charge on any atom is -0.497 e. The Kier molecular flexibility index (Phi) is 7.03. The topological polar surface area (TPSA) is 21.7 Å². The van der Waals surface area contributed by atoms with E-state index in [0.717, 1.165) is 24.7 Å². The molecule has 0 unspecified atom stereocenters. The fraction of sp³-hybridized carbons (Fsp3) is 0.600. The van der Waals surface area contributed by atoms with Crippen LogP contribution in [-0.4, -0.2) is 37.7 Å². The van der Waals surface area contributed by atoms with Gasteiger partial charge in [0, 0.05) is 12.6 Å². The minimum absolute atomic E-state index is 0. The molecule has 0 aliphatic carbocycles. The Morgan fingerprint density at radius 3 is 2.47 bits per heavy atom. The second-order valence-corrected chi connectivity index (χ2v) is 4.90. The van der Waals surface area contributed by atoms with E-state index >= 15 is 0 Å². The van der Waals surface area contributed by atoms with Crippen LogP contribution in [0.25, 0.3) is 0 Å². The molecule has 1 aromatic carbocycles. The number of hydrogen-bond acceptors (Lipinski definition) is 3. The fourth-order valence-electron chi connectivity index (χ4n) is 2.44. The molecule has 1 aromatic rings. The van der Waals surface area contributed by atoms with E-state index in [1.165, 1.54) is 25.8 Å². The van der Waals surface area contributed by atoms with Gasteiger partial charge in [0.25, 0.3) is 0 Å². The van der Waals surface area contributed by atoms with Crippen LogP contribution >= 0.6 is 12.4 Å². The number of ether oxygens (including phenoxy) is 2. The first-order valence-corrected chi connectivity index (χ1v) is 6.80. The first-order valence-electron chi connectivity index (χ1n) is 6.80. The lowest BCUT2D eigenvalue weighted by Crippen LogP contribution is -2.39. The lowest BCUT2D eigenvalue weighted by molar-refractivity contribution is 0.133. The van der Waals surface area contributed by atoms with E-state index in [9.17, 15) is 0 Å². The van der Waals surface area contributed by atoms with Gasteiger partial charge in [-0.05, 0) is 50.6 Å². The molecule has 0 amide bonds. The van der Waals surface area contributed by atoms with Gasteiger partial charge in [0.05, 0.1) is 7.11 Å². The predicted octanol–water partition coefficient (Wildman–Crippen LogP) is 3.37. The quantitative estimate of drug-likeness (QED) is 0.828. The maximum atomic E-state index is 5.76. The summed E-state index contributed by atoms with van der Waals surface area (Å²) in [5.74, 6) is 1.78. The van der Waals surface area contributed by atoms with Crippen molar-refractivity contribution in [1.29, 1.82) is 0 Å². The van der Waals surface area contributed by atoms with E-state index in [4.69, 9.17) is 9.47 Å². The molecule has 19 heavy (non-hydrogen) atoms. The largest absolute Gasteiger partial charge is 0.497 e. The lowest BCUT2D eigenvalue weighted by atomic mass is 10.0. The lowest BCUT2D eigenvalue weighted by Gasteiger charge is -2.33. The standard InChI is InChI=1S/C15H23NO2.ClH/c1-13-5-3-4-10-16(13)11-12-18-15-8-6-14(17-2)7-9-15;/h6-9,13H,3-5,10-12H2,1-2H3;1H/t13-;/m1./s1. The number of methoxy groups -OCH3 is 1. The van der Waals surface area contributed by atoms with E-state index in [-0.39, 0.29) is 12.4 Å². The molecule has 1 aliphatic rings. The smallest absolute Gasteiger partial charge is 0.119 e. The van der Waals surface area contributed by atoms with Gasteiger partial charge in [-0.3, -0.25) is 4.90 Å². The maximum absolute atomic E-state index is 5.76. The zero-order valence-corrected chi connectivity index (χ0v) is 12.6. The Morgan fingerprint density at radius 2 is 1.84 bits per heavy atom. The van der Waals surface area contributed by atoms with Crippen molar-refractivity contribution in [1.82, 2.24) is 4.90 Å². The highest BCUT2D eigenvalue weighted by Crippen LogP contribution is 2.18. The number of nitrogens with zero attached hydrogens (tertiary/aromatic N) is 1. The summed E-state index contributed by atoms with van der Waals surface area (Å²) in [6.07, 6.45) is 4.02. The predicted molar refractivity (Wildman–Crippen MR) is 80.6 cm³/mol. The first-order chi connectivity index (χ1) is 8.79. The summed E-state index contributed by atoms with van der Waals surface area (Å²) >= 11 is 0. The van der Waals surface area contributed by atoms with Gasteiger partial charge in [-0.15, -0.1) is 12.4 Å². The molecule has 3 nitrogen and oxygen atoms in total. The highest BCUT2D eigenvalue weighted by molar-refractivity contribution is 5.85. The van der Waals surface area contributed by atoms with Crippen molar-refractivity contribution in [3.05, 3.63) is 24.3 Å². The summed E-state index contributed by atoms with van der Waals surface area (Å²) in [4.78, 5) is 2.52. The van der Waals surface area contributed by atoms with Crippen molar-refractivity contribution in [2.24, 2.45) is 0 Å². The molecule has 0 aromatic heterocycles. The molecule has 0 spiro atoms. The zero-order valence-electron chi connectivity index (χ0n) is 11.8. The molecule has 1 heterocycles. The molecule has 0 saturated carbocycles. The molecule has 108 valence electrons. The number of hydrogen-bond donors (Lipinski definition) is 0. The molecule has 4 heteroatoms. The number of piperidine rings is 1. The van der Waals surface area contributed by atoms with Crippen LogP contribution in [0.2, 0.25) is 0 Å². The molecule has 1 atom stereocenters. The van der Waals surface area contributed by atoms with E-state index in [1.807, 2.05) is 24.3 Å². The molecule has 0 radical (unpaired) electrons. The van der Waals surface area contributed by atoms with Crippen molar-refractivity contribution in [2.75, 3.05) is 26.8 Å². The molecule has 2 rings (SSSR count).